The van der Waals surface area contributed by atoms with Gasteiger partial charge in [0.05, 0.1) is 12.4 Å². The second kappa shape index (κ2) is 6.79. The molecule has 1 aliphatic heterocycles. The fraction of sp³-hybridized carbons (Fsp3) is 0.692. The third-order valence-corrected chi connectivity index (χ3v) is 3.18. The summed E-state index contributed by atoms with van der Waals surface area (Å²) in [5, 5.41) is 13.1. The standard InChI is InChI=1S/C13H22N2O2/c16-12(11-15-7-1-2-8-15)10-14-6-5-13-4-3-9-17-13/h3-4,9,12,14,16H,1-2,5-8,10-11H2. The Kier molecular flexibility index (Phi) is 5.04. The van der Waals surface area contributed by atoms with Gasteiger partial charge in [0.1, 0.15) is 5.76 Å². The smallest absolute Gasteiger partial charge is 0.105 e. The summed E-state index contributed by atoms with van der Waals surface area (Å²) >= 11 is 0. The van der Waals surface area contributed by atoms with Gasteiger partial charge in [0.2, 0.25) is 0 Å². The van der Waals surface area contributed by atoms with E-state index in [1.54, 1.807) is 6.26 Å². The van der Waals surface area contributed by atoms with Crippen LogP contribution in [0, 0.1) is 0 Å². The molecule has 0 spiro atoms. The van der Waals surface area contributed by atoms with Crippen LogP contribution in [0.15, 0.2) is 22.8 Å². The zero-order chi connectivity index (χ0) is 11.9. The number of nitrogens with one attached hydrogen (secondary N) is 1. The van der Waals surface area contributed by atoms with Gasteiger partial charge in [-0.15, -0.1) is 0 Å². The molecule has 1 unspecified atom stereocenters. The number of likely N-dealkylation sites (tertiary alicyclic amines) is 1. The minimum atomic E-state index is -0.260. The van der Waals surface area contributed by atoms with Crippen LogP contribution in [0.5, 0.6) is 0 Å². The van der Waals surface area contributed by atoms with E-state index in [1.807, 2.05) is 12.1 Å². The SMILES string of the molecule is OC(CNCCc1ccco1)CN1CCCC1. The summed E-state index contributed by atoms with van der Waals surface area (Å²) in [6.07, 6.45) is 4.86. The number of hydrogen-bond acceptors (Lipinski definition) is 4. The molecule has 1 saturated heterocycles. The lowest BCUT2D eigenvalue weighted by atomic mass is 10.3. The number of aliphatic hydroxyl groups is 1. The number of aliphatic hydroxyl groups excluding tert-OH is 1. The molecule has 2 N–H and O–H groups in total. The first kappa shape index (κ1) is 12.6. The largest absolute Gasteiger partial charge is 0.469 e. The van der Waals surface area contributed by atoms with Gasteiger partial charge in [-0.25, -0.2) is 0 Å². The minimum absolute atomic E-state index is 0.260. The Balaban J connectivity index is 1.52. The fourth-order valence-electron chi connectivity index (χ4n) is 2.26. The van der Waals surface area contributed by atoms with E-state index in [4.69, 9.17) is 4.42 Å². The van der Waals surface area contributed by atoms with Crippen LogP contribution >= 0.6 is 0 Å². The third kappa shape index (κ3) is 4.50. The number of rotatable bonds is 7. The van der Waals surface area contributed by atoms with Crippen molar-refractivity contribution in [1.29, 1.82) is 0 Å². The Hall–Kier alpha value is -0.840. The number of furan rings is 1. The van der Waals surface area contributed by atoms with Gasteiger partial charge in [0.15, 0.2) is 0 Å². The molecule has 0 amide bonds. The first-order valence-corrected chi connectivity index (χ1v) is 6.48. The summed E-state index contributed by atoms with van der Waals surface area (Å²) < 4.78 is 5.24. The zero-order valence-electron chi connectivity index (χ0n) is 10.3. The molecule has 0 bridgehead atoms. The summed E-state index contributed by atoms with van der Waals surface area (Å²) in [5.41, 5.74) is 0. The molecule has 0 aromatic carbocycles. The van der Waals surface area contributed by atoms with Gasteiger partial charge in [-0.1, -0.05) is 0 Å². The number of nitrogens with zero attached hydrogens (tertiary/aromatic N) is 1. The summed E-state index contributed by atoms with van der Waals surface area (Å²) in [4.78, 5) is 2.33. The summed E-state index contributed by atoms with van der Waals surface area (Å²) in [7, 11) is 0. The molecule has 4 heteroatoms. The van der Waals surface area contributed by atoms with Crippen molar-refractivity contribution in [2.24, 2.45) is 0 Å². The lowest BCUT2D eigenvalue weighted by Crippen LogP contribution is -2.37. The molecule has 0 radical (unpaired) electrons. The molecule has 0 saturated carbocycles. The molecule has 4 nitrogen and oxygen atoms in total. The van der Waals surface area contributed by atoms with Crippen molar-refractivity contribution in [3.63, 3.8) is 0 Å². The van der Waals surface area contributed by atoms with E-state index in [0.717, 1.165) is 38.4 Å². The van der Waals surface area contributed by atoms with E-state index in [-0.39, 0.29) is 6.10 Å². The summed E-state index contributed by atoms with van der Waals surface area (Å²) in [5.74, 6) is 0.992. The monoisotopic (exact) mass is 238 g/mol. The van der Waals surface area contributed by atoms with Crippen molar-refractivity contribution >= 4 is 0 Å². The lowest BCUT2D eigenvalue weighted by molar-refractivity contribution is 0.123. The first-order valence-electron chi connectivity index (χ1n) is 6.48. The van der Waals surface area contributed by atoms with Gasteiger partial charge in [0.25, 0.3) is 0 Å². The van der Waals surface area contributed by atoms with E-state index in [9.17, 15) is 5.11 Å². The second-order valence-electron chi connectivity index (χ2n) is 4.70. The van der Waals surface area contributed by atoms with Crippen LogP contribution in [-0.4, -0.2) is 48.8 Å². The Morgan fingerprint density at radius 3 is 2.94 bits per heavy atom. The highest BCUT2D eigenvalue weighted by Gasteiger charge is 2.15. The van der Waals surface area contributed by atoms with Crippen LogP contribution in [-0.2, 0) is 6.42 Å². The highest BCUT2D eigenvalue weighted by molar-refractivity contribution is 4.98. The van der Waals surface area contributed by atoms with Crippen molar-refractivity contribution in [1.82, 2.24) is 10.2 Å². The van der Waals surface area contributed by atoms with E-state index in [1.165, 1.54) is 12.8 Å². The minimum Gasteiger partial charge on any atom is -0.469 e. The van der Waals surface area contributed by atoms with Gasteiger partial charge in [-0.05, 0) is 38.1 Å². The van der Waals surface area contributed by atoms with E-state index >= 15 is 0 Å². The van der Waals surface area contributed by atoms with Crippen LogP contribution in [0.25, 0.3) is 0 Å². The molecular weight excluding hydrogens is 216 g/mol. The molecule has 96 valence electrons. The maximum absolute atomic E-state index is 9.84. The van der Waals surface area contributed by atoms with Crippen molar-refractivity contribution in [2.45, 2.75) is 25.4 Å². The summed E-state index contributed by atoms with van der Waals surface area (Å²) in [6.45, 7) is 4.60. The van der Waals surface area contributed by atoms with Crippen molar-refractivity contribution in [2.75, 3.05) is 32.7 Å². The zero-order valence-corrected chi connectivity index (χ0v) is 10.3. The molecule has 1 aromatic rings. The van der Waals surface area contributed by atoms with Crippen LogP contribution in [0.2, 0.25) is 0 Å². The number of β-amino-alcohol motifs (C(OH)–C–C–N with tert-alkyl or cyclic N) is 1. The highest BCUT2D eigenvalue weighted by Crippen LogP contribution is 2.07. The van der Waals surface area contributed by atoms with E-state index in [0.29, 0.717) is 6.54 Å². The normalized spacial score (nSPS) is 18.6. The fourth-order valence-corrected chi connectivity index (χ4v) is 2.26. The predicted octanol–water partition coefficient (Wildman–Crippen LogP) is 0.868. The molecule has 1 fully saturated rings. The maximum Gasteiger partial charge on any atom is 0.105 e. The Bertz CT molecular complexity index is 294. The second-order valence-corrected chi connectivity index (χ2v) is 4.70. The van der Waals surface area contributed by atoms with Crippen LogP contribution in [0.4, 0.5) is 0 Å². The van der Waals surface area contributed by atoms with Crippen LogP contribution in [0.3, 0.4) is 0 Å². The van der Waals surface area contributed by atoms with Gasteiger partial charge < -0.3 is 19.7 Å². The molecule has 2 rings (SSSR count). The van der Waals surface area contributed by atoms with E-state index < -0.39 is 0 Å². The average Bonchev–Trinajstić information content (AvgIpc) is 2.96. The molecule has 17 heavy (non-hydrogen) atoms. The highest BCUT2D eigenvalue weighted by atomic mass is 16.3. The van der Waals surface area contributed by atoms with Crippen LogP contribution in [0.1, 0.15) is 18.6 Å². The van der Waals surface area contributed by atoms with Crippen LogP contribution < -0.4 is 5.32 Å². The molecule has 1 atom stereocenters. The van der Waals surface area contributed by atoms with E-state index in [2.05, 4.69) is 10.2 Å². The molecular formula is C13H22N2O2. The van der Waals surface area contributed by atoms with Gasteiger partial charge >= 0.3 is 0 Å². The predicted molar refractivity (Wildman–Crippen MR) is 67.0 cm³/mol. The molecule has 2 heterocycles. The van der Waals surface area contributed by atoms with Crippen molar-refractivity contribution in [3.05, 3.63) is 24.2 Å². The van der Waals surface area contributed by atoms with Gasteiger partial charge in [0, 0.05) is 26.1 Å². The average molecular weight is 238 g/mol. The van der Waals surface area contributed by atoms with Gasteiger partial charge in [-0.3, -0.25) is 0 Å². The lowest BCUT2D eigenvalue weighted by Gasteiger charge is -2.19. The van der Waals surface area contributed by atoms with Gasteiger partial charge in [-0.2, -0.15) is 0 Å². The third-order valence-electron chi connectivity index (χ3n) is 3.18. The Morgan fingerprint density at radius 1 is 1.41 bits per heavy atom. The number of hydrogen-bond donors (Lipinski definition) is 2. The Morgan fingerprint density at radius 2 is 2.24 bits per heavy atom. The first-order chi connectivity index (χ1) is 8.34. The Labute approximate surface area is 103 Å². The topological polar surface area (TPSA) is 48.6 Å². The molecule has 1 aromatic heterocycles. The van der Waals surface area contributed by atoms with Crippen molar-refractivity contribution in [3.8, 4) is 0 Å². The van der Waals surface area contributed by atoms with Crippen molar-refractivity contribution < 1.29 is 9.52 Å². The summed E-state index contributed by atoms with van der Waals surface area (Å²) in [6, 6.07) is 3.87. The molecule has 1 aliphatic rings. The maximum atomic E-state index is 9.84. The quantitative estimate of drug-likeness (QED) is 0.692. The molecule has 0 aliphatic carbocycles.